The molecule has 1 aliphatic carbocycles. The number of hydrogen-bond donors (Lipinski definition) is 3. The summed E-state index contributed by atoms with van der Waals surface area (Å²) in [6, 6.07) is 15.4. The molecule has 0 aromatic heterocycles. The number of aliphatic imine (C=N–C) groups is 1. The smallest absolute Gasteiger partial charge is 0.196 e. The predicted octanol–water partition coefficient (Wildman–Crippen LogP) is 3.83. The van der Waals surface area contributed by atoms with Crippen LogP contribution in [0, 0.1) is 0 Å². The van der Waals surface area contributed by atoms with E-state index in [0.717, 1.165) is 36.2 Å². The van der Waals surface area contributed by atoms with E-state index in [2.05, 4.69) is 53.1 Å². The maximum Gasteiger partial charge on any atom is 0.196 e. The fourth-order valence-corrected chi connectivity index (χ4v) is 3.85. The third-order valence-corrected chi connectivity index (χ3v) is 5.50. The summed E-state index contributed by atoms with van der Waals surface area (Å²) in [4.78, 5) is 4.79. The number of hydrogen-bond acceptors (Lipinski definition) is 3. The summed E-state index contributed by atoms with van der Waals surface area (Å²) in [6.45, 7) is 1.54. The topological polar surface area (TPSA) is 62.4 Å². The van der Waals surface area contributed by atoms with Gasteiger partial charge in [-0.15, -0.1) is 0 Å². The number of fused-ring (bicyclic) bond motifs is 1. The second-order valence-electron chi connectivity index (χ2n) is 6.41. The molecule has 5 heteroatoms. The first kappa shape index (κ1) is 18.1. The highest BCUT2D eigenvalue weighted by atomic mass is 32.2. The quantitative estimate of drug-likeness (QED) is 0.401. The number of nitrogens with one attached hydrogen (secondary N) is 2. The van der Waals surface area contributed by atoms with Gasteiger partial charge in [0.15, 0.2) is 5.96 Å². The van der Waals surface area contributed by atoms with Crippen LogP contribution in [0.15, 0.2) is 47.5 Å². The van der Waals surface area contributed by atoms with Crippen LogP contribution in [0.2, 0.25) is 0 Å². The molecule has 0 radical (unpaired) electrons. The maximum absolute atomic E-state index is 5.55. The second kappa shape index (κ2) is 9.68. The van der Waals surface area contributed by atoms with Gasteiger partial charge in [0.2, 0.25) is 0 Å². The van der Waals surface area contributed by atoms with Crippen LogP contribution in [0.25, 0.3) is 10.8 Å². The number of rotatable bonds is 7. The Morgan fingerprint density at radius 2 is 1.88 bits per heavy atom. The van der Waals surface area contributed by atoms with Crippen LogP contribution in [-0.4, -0.2) is 36.6 Å². The van der Waals surface area contributed by atoms with Crippen LogP contribution in [-0.2, 0) is 0 Å². The van der Waals surface area contributed by atoms with Gasteiger partial charge < -0.3 is 16.4 Å². The zero-order valence-electron chi connectivity index (χ0n) is 14.7. The lowest BCUT2D eigenvalue weighted by Gasteiger charge is -2.18. The zero-order chi connectivity index (χ0) is 17.3. The maximum atomic E-state index is 5.55. The summed E-state index contributed by atoms with van der Waals surface area (Å²) in [6.07, 6.45) is 5.09. The number of thioether (sulfide) groups is 1. The van der Waals surface area contributed by atoms with Gasteiger partial charge in [-0.05, 0) is 24.3 Å². The van der Waals surface area contributed by atoms with Gasteiger partial charge in [-0.3, -0.25) is 4.99 Å². The standard InChI is InChI=1S/C20H28N4S/c21-12-14-25-15-13-22-20(23-17-8-2-3-9-17)24-19-11-5-7-16-6-1-4-10-18(16)19/h1,4-7,10-11,17H,2-3,8-9,12-15,21H2,(H2,22,23,24). The number of anilines is 1. The third kappa shape index (κ3) is 5.38. The average molecular weight is 357 g/mol. The molecule has 1 aliphatic rings. The predicted molar refractivity (Wildman–Crippen MR) is 112 cm³/mol. The molecule has 134 valence electrons. The first-order valence-electron chi connectivity index (χ1n) is 9.20. The molecule has 2 aromatic rings. The molecule has 2 aromatic carbocycles. The van der Waals surface area contributed by atoms with E-state index < -0.39 is 0 Å². The number of guanidine groups is 1. The summed E-state index contributed by atoms with van der Waals surface area (Å²) < 4.78 is 0. The Kier molecular flexibility index (Phi) is 7.00. The molecule has 0 atom stereocenters. The van der Waals surface area contributed by atoms with Gasteiger partial charge in [-0.2, -0.15) is 11.8 Å². The zero-order valence-corrected chi connectivity index (χ0v) is 15.5. The van der Waals surface area contributed by atoms with E-state index in [-0.39, 0.29) is 0 Å². The molecule has 0 amide bonds. The van der Waals surface area contributed by atoms with E-state index in [4.69, 9.17) is 10.7 Å². The monoisotopic (exact) mass is 356 g/mol. The Labute approximate surface area is 154 Å². The van der Waals surface area contributed by atoms with Crippen molar-refractivity contribution < 1.29 is 0 Å². The lowest BCUT2D eigenvalue weighted by Crippen LogP contribution is -2.38. The minimum absolute atomic E-state index is 0.540. The van der Waals surface area contributed by atoms with Crippen molar-refractivity contribution in [3.8, 4) is 0 Å². The Morgan fingerprint density at radius 3 is 2.72 bits per heavy atom. The van der Waals surface area contributed by atoms with Gasteiger partial charge in [0, 0.05) is 35.2 Å². The van der Waals surface area contributed by atoms with Crippen molar-refractivity contribution in [2.45, 2.75) is 31.7 Å². The third-order valence-electron chi connectivity index (χ3n) is 4.51. The van der Waals surface area contributed by atoms with Crippen molar-refractivity contribution in [3.05, 3.63) is 42.5 Å². The molecule has 4 N–H and O–H groups in total. The number of benzene rings is 2. The molecule has 0 saturated heterocycles. The Balaban J connectivity index is 1.72. The van der Waals surface area contributed by atoms with Crippen LogP contribution in [0.5, 0.6) is 0 Å². The molecule has 3 rings (SSSR count). The molecule has 25 heavy (non-hydrogen) atoms. The fourth-order valence-electron chi connectivity index (χ4n) is 3.25. The Bertz CT molecular complexity index is 690. The van der Waals surface area contributed by atoms with Crippen molar-refractivity contribution in [2.24, 2.45) is 10.7 Å². The van der Waals surface area contributed by atoms with Crippen LogP contribution in [0.4, 0.5) is 5.69 Å². The summed E-state index contributed by atoms with van der Waals surface area (Å²) in [7, 11) is 0. The largest absolute Gasteiger partial charge is 0.353 e. The van der Waals surface area contributed by atoms with Crippen LogP contribution in [0.1, 0.15) is 25.7 Å². The van der Waals surface area contributed by atoms with Gasteiger partial charge in [-0.25, -0.2) is 0 Å². The van der Waals surface area contributed by atoms with E-state index in [9.17, 15) is 0 Å². The molecule has 1 saturated carbocycles. The molecular weight excluding hydrogens is 328 g/mol. The van der Waals surface area contributed by atoms with Gasteiger partial charge in [0.05, 0.1) is 6.54 Å². The van der Waals surface area contributed by atoms with Crippen LogP contribution >= 0.6 is 11.8 Å². The van der Waals surface area contributed by atoms with Crippen molar-refractivity contribution in [1.82, 2.24) is 5.32 Å². The van der Waals surface area contributed by atoms with Gasteiger partial charge in [-0.1, -0.05) is 49.2 Å². The van der Waals surface area contributed by atoms with Crippen molar-refractivity contribution in [3.63, 3.8) is 0 Å². The number of nitrogens with zero attached hydrogens (tertiary/aromatic N) is 1. The van der Waals surface area contributed by atoms with Gasteiger partial charge >= 0.3 is 0 Å². The minimum Gasteiger partial charge on any atom is -0.353 e. The van der Waals surface area contributed by atoms with Crippen molar-refractivity contribution in [1.29, 1.82) is 0 Å². The van der Waals surface area contributed by atoms with E-state index in [0.29, 0.717) is 6.04 Å². The van der Waals surface area contributed by atoms with E-state index in [1.54, 1.807) is 0 Å². The average Bonchev–Trinajstić information content (AvgIpc) is 3.15. The van der Waals surface area contributed by atoms with E-state index in [1.165, 1.54) is 36.5 Å². The molecule has 0 bridgehead atoms. The van der Waals surface area contributed by atoms with Crippen molar-refractivity contribution in [2.75, 3.05) is 29.9 Å². The Morgan fingerprint density at radius 1 is 1.08 bits per heavy atom. The highest BCUT2D eigenvalue weighted by Crippen LogP contribution is 2.23. The molecular formula is C20H28N4S. The molecule has 0 heterocycles. The molecule has 0 aliphatic heterocycles. The minimum atomic E-state index is 0.540. The van der Waals surface area contributed by atoms with E-state index in [1.807, 2.05) is 11.8 Å². The van der Waals surface area contributed by atoms with Crippen LogP contribution in [0.3, 0.4) is 0 Å². The molecule has 0 unspecified atom stereocenters. The first-order valence-corrected chi connectivity index (χ1v) is 10.4. The highest BCUT2D eigenvalue weighted by molar-refractivity contribution is 7.99. The summed E-state index contributed by atoms with van der Waals surface area (Å²) >= 11 is 1.86. The lowest BCUT2D eigenvalue weighted by molar-refractivity contribution is 0.628. The van der Waals surface area contributed by atoms with Gasteiger partial charge in [0.1, 0.15) is 0 Å². The normalized spacial score (nSPS) is 15.6. The van der Waals surface area contributed by atoms with Gasteiger partial charge in [0.25, 0.3) is 0 Å². The molecule has 4 nitrogen and oxygen atoms in total. The number of nitrogens with two attached hydrogens (primary N) is 1. The van der Waals surface area contributed by atoms with E-state index >= 15 is 0 Å². The second-order valence-corrected chi connectivity index (χ2v) is 7.63. The summed E-state index contributed by atoms with van der Waals surface area (Å²) in [5.41, 5.74) is 6.66. The Hall–Kier alpha value is -1.72. The summed E-state index contributed by atoms with van der Waals surface area (Å²) in [5, 5.41) is 9.64. The molecule has 1 fully saturated rings. The lowest BCUT2D eigenvalue weighted by atomic mass is 10.1. The SMILES string of the molecule is NCCSCCN=C(Nc1cccc2ccccc12)NC1CCCC1. The van der Waals surface area contributed by atoms with Crippen molar-refractivity contribution >= 4 is 34.2 Å². The molecule has 0 spiro atoms. The fraction of sp³-hybridized carbons (Fsp3) is 0.450. The summed E-state index contributed by atoms with van der Waals surface area (Å²) in [5.74, 6) is 2.90. The first-order chi connectivity index (χ1) is 12.4. The van der Waals surface area contributed by atoms with Crippen LogP contribution < -0.4 is 16.4 Å². The highest BCUT2D eigenvalue weighted by Gasteiger charge is 2.16.